The minimum atomic E-state index is -2.65. The van der Waals surface area contributed by atoms with Crippen LogP contribution in [0, 0.1) is 0 Å². The average molecular weight is 702 g/mol. The maximum atomic E-state index is 2.56. The zero-order chi connectivity index (χ0) is 36.5. The van der Waals surface area contributed by atoms with Crippen molar-refractivity contribution in [3.63, 3.8) is 0 Å². The first-order valence-corrected chi connectivity index (χ1v) is 21.1. The molecule has 7 aromatic carbocycles. The Labute approximate surface area is 315 Å². The molecule has 8 aromatic rings. The Balaban J connectivity index is 1.27. The van der Waals surface area contributed by atoms with Gasteiger partial charge >= 0.3 is 0 Å². The SMILES string of the molecule is CC(C)(C)c1ccc2c(c1)c1cc(C(C)(C)C)ccc1n2-c1ccc2c(c1)-c1cc([Si](c3ccccc3)(c3ccccc3)c3ccccc3)ccc1C2. The van der Waals surface area contributed by atoms with Crippen molar-refractivity contribution in [1.29, 1.82) is 0 Å². The summed E-state index contributed by atoms with van der Waals surface area (Å²) in [7, 11) is -2.65. The fourth-order valence-corrected chi connectivity index (χ4v) is 13.6. The molecule has 0 bridgehead atoms. The van der Waals surface area contributed by atoms with Gasteiger partial charge in [-0.2, -0.15) is 0 Å². The summed E-state index contributed by atoms with van der Waals surface area (Å²) in [4.78, 5) is 0. The van der Waals surface area contributed by atoms with E-state index < -0.39 is 8.07 Å². The first-order chi connectivity index (χ1) is 25.5. The Morgan fingerprint density at radius 1 is 0.415 bits per heavy atom. The van der Waals surface area contributed by atoms with Gasteiger partial charge in [0.2, 0.25) is 0 Å². The van der Waals surface area contributed by atoms with Crippen LogP contribution in [0.5, 0.6) is 0 Å². The van der Waals surface area contributed by atoms with E-state index in [1.165, 1.54) is 81.6 Å². The predicted molar refractivity (Wildman–Crippen MR) is 230 cm³/mol. The van der Waals surface area contributed by atoms with Crippen LogP contribution in [-0.4, -0.2) is 12.6 Å². The van der Waals surface area contributed by atoms with E-state index in [-0.39, 0.29) is 10.8 Å². The Kier molecular flexibility index (Phi) is 7.76. The first kappa shape index (κ1) is 33.4. The zero-order valence-electron chi connectivity index (χ0n) is 31.7. The highest BCUT2D eigenvalue weighted by molar-refractivity contribution is 7.19. The van der Waals surface area contributed by atoms with Crippen LogP contribution in [0.4, 0.5) is 0 Å². The lowest BCUT2D eigenvalue weighted by Gasteiger charge is -2.34. The summed E-state index contributed by atoms with van der Waals surface area (Å²) in [5.41, 5.74) is 12.1. The molecule has 1 aromatic heterocycles. The quantitative estimate of drug-likeness (QED) is 0.124. The highest BCUT2D eigenvalue weighted by Gasteiger charge is 2.42. The summed E-state index contributed by atoms with van der Waals surface area (Å²) in [6.07, 6.45) is 0.957. The Hall–Kier alpha value is -5.44. The number of rotatable bonds is 5. The van der Waals surface area contributed by atoms with Gasteiger partial charge in [-0.1, -0.05) is 169 Å². The predicted octanol–water partition coefficient (Wildman–Crippen LogP) is 10.3. The van der Waals surface area contributed by atoms with Crippen LogP contribution >= 0.6 is 0 Å². The summed E-state index contributed by atoms with van der Waals surface area (Å²) in [6.45, 7) is 13.9. The molecule has 0 saturated heterocycles. The monoisotopic (exact) mass is 701 g/mol. The van der Waals surface area contributed by atoms with Crippen molar-refractivity contribution in [2.45, 2.75) is 58.8 Å². The van der Waals surface area contributed by atoms with Crippen LogP contribution in [0.25, 0.3) is 38.6 Å². The molecule has 0 spiro atoms. The third-order valence-corrected chi connectivity index (χ3v) is 16.5. The van der Waals surface area contributed by atoms with E-state index >= 15 is 0 Å². The second-order valence-corrected chi connectivity index (χ2v) is 20.8. The first-order valence-electron chi connectivity index (χ1n) is 19.1. The van der Waals surface area contributed by atoms with Crippen molar-refractivity contribution in [2.24, 2.45) is 0 Å². The second-order valence-electron chi connectivity index (χ2n) is 17.0. The molecule has 0 saturated carbocycles. The fourth-order valence-electron chi connectivity index (χ4n) is 8.83. The van der Waals surface area contributed by atoms with E-state index in [2.05, 4.69) is 210 Å². The van der Waals surface area contributed by atoms with Gasteiger partial charge in [-0.3, -0.25) is 0 Å². The van der Waals surface area contributed by atoms with Crippen LogP contribution in [0.2, 0.25) is 0 Å². The molecule has 1 aliphatic rings. The number of benzene rings is 7. The smallest absolute Gasteiger partial charge is 0.179 e. The van der Waals surface area contributed by atoms with Gasteiger partial charge in [-0.15, -0.1) is 0 Å². The molecular formula is C51H47NSi. The third-order valence-electron chi connectivity index (χ3n) is 11.7. The standard InChI is InChI=1S/C51H47NSi/c1-50(2,3)37-24-28-48-46(31-37)47-32-38(51(4,5)6)25-29-49(47)52(48)39-26-22-35-30-36-23-27-43(34-45(36)44(35)33-39)53(40-16-10-7-11-17-40,41-18-12-8-13-19-41)42-20-14-9-15-21-42/h7-29,31-34H,30H2,1-6H3. The summed E-state index contributed by atoms with van der Waals surface area (Å²) in [5.74, 6) is 0. The fraction of sp³-hybridized carbons (Fsp3) is 0.176. The maximum absolute atomic E-state index is 2.65. The lowest BCUT2D eigenvalue weighted by atomic mass is 9.85. The minimum absolute atomic E-state index is 0.0665. The molecule has 0 amide bonds. The zero-order valence-corrected chi connectivity index (χ0v) is 32.7. The Morgan fingerprint density at radius 2 is 0.849 bits per heavy atom. The molecule has 1 aliphatic carbocycles. The van der Waals surface area contributed by atoms with Crippen molar-refractivity contribution < 1.29 is 0 Å². The van der Waals surface area contributed by atoms with Gasteiger partial charge in [0, 0.05) is 16.5 Å². The number of fused-ring (bicyclic) bond motifs is 6. The van der Waals surface area contributed by atoms with E-state index in [1.807, 2.05) is 0 Å². The van der Waals surface area contributed by atoms with Crippen LogP contribution in [0.3, 0.4) is 0 Å². The molecule has 1 nitrogen and oxygen atoms in total. The molecule has 0 radical (unpaired) electrons. The van der Waals surface area contributed by atoms with E-state index in [0.29, 0.717) is 0 Å². The lowest BCUT2D eigenvalue weighted by Crippen LogP contribution is -2.74. The summed E-state index contributed by atoms with van der Waals surface area (Å²) in [6, 6.07) is 62.6. The number of aromatic nitrogens is 1. The maximum Gasteiger partial charge on any atom is 0.179 e. The van der Waals surface area contributed by atoms with E-state index in [1.54, 1.807) is 0 Å². The molecule has 0 aliphatic heterocycles. The van der Waals surface area contributed by atoms with Crippen LogP contribution in [0.15, 0.2) is 164 Å². The normalized spacial score (nSPS) is 13.0. The van der Waals surface area contributed by atoms with Crippen molar-refractivity contribution >= 4 is 50.6 Å². The molecule has 53 heavy (non-hydrogen) atoms. The van der Waals surface area contributed by atoms with E-state index in [9.17, 15) is 0 Å². The highest BCUT2D eigenvalue weighted by Crippen LogP contribution is 2.41. The van der Waals surface area contributed by atoms with Gasteiger partial charge in [-0.25, -0.2) is 0 Å². The van der Waals surface area contributed by atoms with Crippen molar-refractivity contribution in [1.82, 2.24) is 4.57 Å². The van der Waals surface area contributed by atoms with Crippen LogP contribution in [0.1, 0.15) is 63.8 Å². The molecule has 0 unspecified atom stereocenters. The number of hydrogen-bond acceptors (Lipinski definition) is 0. The summed E-state index contributed by atoms with van der Waals surface area (Å²) < 4.78 is 2.50. The number of nitrogens with zero attached hydrogens (tertiary/aromatic N) is 1. The minimum Gasteiger partial charge on any atom is -0.309 e. The van der Waals surface area contributed by atoms with Crippen molar-refractivity contribution in [3.05, 3.63) is 186 Å². The molecule has 1 heterocycles. The number of hydrogen-bond donors (Lipinski definition) is 0. The molecular weight excluding hydrogens is 655 g/mol. The molecule has 0 atom stereocenters. The van der Waals surface area contributed by atoms with Crippen molar-refractivity contribution in [3.8, 4) is 16.8 Å². The Bertz CT molecular complexity index is 2470. The van der Waals surface area contributed by atoms with Gasteiger partial charge in [0.1, 0.15) is 0 Å². The van der Waals surface area contributed by atoms with Gasteiger partial charge in [0.05, 0.1) is 11.0 Å². The molecule has 0 N–H and O–H groups in total. The Morgan fingerprint density at radius 3 is 1.30 bits per heavy atom. The van der Waals surface area contributed by atoms with Crippen LogP contribution < -0.4 is 20.7 Å². The molecule has 2 heteroatoms. The van der Waals surface area contributed by atoms with Gasteiger partial charge < -0.3 is 4.57 Å². The average Bonchev–Trinajstić information content (AvgIpc) is 3.70. The van der Waals surface area contributed by atoms with Gasteiger partial charge in [-0.05, 0) is 108 Å². The third kappa shape index (κ3) is 5.42. The van der Waals surface area contributed by atoms with E-state index in [4.69, 9.17) is 0 Å². The lowest BCUT2D eigenvalue weighted by molar-refractivity contribution is 0.590. The largest absolute Gasteiger partial charge is 0.309 e. The second kappa shape index (κ2) is 12.3. The topological polar surface area (TPSA) is 4.93 Å². The van der Waals surface area contributed by atoms with Crippen LogP contribution in [-0.2, 0) is 17.3 Å². The highest BCUT2D eigenvalue weighted by atomic mass is 28.3. The van der Waals surface area contributed by atoms with Gasteiger partial charge in [0.15, 0.2) is 8.07 Å². The van der Waals surface area contributed by atoms with Gasteiger partial charge in [0.25, 0.3) is 0 Å². The summed E-state index contributed by atoms with van der Waals surface area (Å²) >= 11 is 0. The molecule has 260 valence electrons. The molecule has 9 rings (SSSR count). The van der Waals surface area contributed by atoms with Crippen molar-refractivity contribution in [2.75, 3.05) is 0 Å². The van der Waals surface area contributed by atoms with E-state index in [0.717, 1.165) is 6.42 Å². The molecule has 0 fully saturated rings. The summed E-state index contributed by atoms with van der Waals surface area (Å²) in [5, 5.41) is 8.27.